The SMILES string of the molecule is C=CCC[C@H](Cc1ccccc1)C(=O)OC[C@H](CC1CCCCC1)NC(=O)[C@H](CC=C)CC(=O)N(CCO)Cc1ccccc1. The highest BCUT2D eigenvalue weighted by molar-refractivity contribution is 5.86. The van der Waals surface area contributed by atoms with Crippen molar-refractivity contribution in [3.8, 4) is 0 Å². The van der Waals surface area contributed by atoms with E-state index in [1.807, 2.05) is 66.7 Å². The number of carbonyl (C=O) groups excluding carboxylic acids is 3. The largest absolute Gasteiger partial charge is 0.463 e. The van der Waals surface area contributed by atoms with Crippen LogP contribution in [-0.2, 0) is 32.1 Å². The number of aliphatic hydroxyl groups excluding tert-OH is 1. The van der Waals surface area contributed by atoms with Crippen molar-refractivity contribution < 1.29 is 24.2 Å². The summed E-state index contributed by atoms with van der Waals surface area (Å²) in [6.07, 6.45) is 12.3. The van der Waals surface area contributed by atoms with E-state index < -0.39 is 5.92 Å². The topological polar surface area (TPSA) is 95.9 Å². The fraction of sp³-hybridized carbons (Fsp3) is 0.500. The number of amides is 2. The van der Waals surface area contributed by atoms with Crippen molar-refractivity contribution in [3.63, 3.8) is 0 Å². The monoisotopic (exact) mass is 616 g/mol. The van der Waals surface area contributed by atoms with Crippen LogP contribution in [0.4, 0.5) is 0 Å². The molecule has 244 valence electrons. The molecular weight excluding hydrogens is 564 g/mol. The number of rotatable bonds is 20. The normalized spacial score (nSPS) is 15.3. The minimum Gasteiger partial charge on any atom is -0.463 e. The average molecular weight is 617 g/mol. The predicted molar refractivity (Wildman–Crippen MR) is 179 cm³/mol. The average Bonchev–Trinajstić information content (AvgIpc) is 3.06. The van der Waals surface area contributed by atoms with Crippen LogP contribution in [0.25, 0.3) is 0 Å². The zero-order valence-electron chi connectivity index (χ0n) is 26.8. The van der Waals surface area contributed by atoms with Gasteiger partial charge in [0.1, 0.15) is 6.61 Å². The van der Waals surface area contributed by atoms with Crippen LogP contribution in [0.3, 0.4) is 0 Å². The summed E-state index contributed by atoms with van der Waals surface area (Å²) < 4.78 is 5.92. The molecule has 1 saturated carbocycles. The standard InChI is InChI=1S/C38H52N2O5/c1-3-5-22-34(25-30-16-9-6-10-17-30)38(44)45-29-35(26-31-18-11-7-12-19-31)39-37(43)33(15-4-2)27-36(42)40(23-24-41)28-32-20-13-8-14-21-32/h3-4,6,8-10,13-14,16-17,20-21,31,33-35,41H,1-2,5,7,11-12,15,18-19,22-29H2,(H,39,43)/t33-,34-,35+/m1/s1. The zero-order chi connectivity index (χ0) is 32.3. The molecule has 0 aliphatic heterocycles. The third-order valence-corrected chi connectivity index (χ3v) is 8.68. The fourth-order valence-electron chi connectivity index (χ4n) is 6.17. The van der Waals surface area contributed by atoms with Crippen molar-refractivity contribution in [2.75, 3.05) is 19.8 Å². The Bertz CT molecular complexity index is 1180. The van der Waals surface area contributed by atoms with Gasteiger partial charge in [-0.25, -0.2) is 0 Å². The summed E-state index contributed by atoms with van der Waals surface area (Å²) in [6, 6.07) is 19.2. The summed E-state index contributed by atoms with van der Waals surface area (Å²) in [4.78, 5) is 42.0. The molecule has 2 amide bonds. The van der Waals surface area contributed by atoms with Gasteiger partial charge in [-0.15, -0.1) is 13.2 Å². The summed E-state index contributed by atoms with van der Waals surface area (Å²) in [5.74, 6) is -1.16. The van der Waals surface area contributed by atoms with Crippen molar-refractivity contribution in [1.82, 2.24) is 10.2 Å². The second-order valence-corrected chi connectivity index (χ2v) is 12.3. The number of aliphatic hydroxyl groups is 1. The molecule has 2 aromatic carbocycles. The van der Waals surface area contributed by atoms with Crippen LogP contribution >= 0.6 is 0 Å². The molecule has 0 heterocycles. The van der Waals surface area contributed by atoms with Gasteiger partial charge >= 0.3 is 5.97 Å². The lowest BCUT2D eigenvalue weighted by Gasteiger charge is -2.29. The Labute approximate surface area is 269 Å². The number of hydrogen-bond acceptors (Lipinski definition) is 5. The van der Waals surface area contributed by atoms with Crippen LogP contribution in [0.2, 0.25) is 0 Å². The Kier molecular flexibility index (Phi) is 16.2. The molecule has 3 atom stereocenters. The molecule has 1 fully saturated rings. The Hall–Kier alpha value is -3.71. The van der Waals surface area contributed by atoms with Crippen LogP contribution < -0.4 is 5.32 Å². The molecule has 7 heteroatoms. The number of carbonyl (C=O) groups is 3. The number of ether oxygens (including phenoxy) is 1. The maximum atomic E-state index is 13.7. The van der Waals surface area contributed by atoms with E-state index in [1.165, 1.54) is 19.3 Å². The maximum Gasteiger partial charge on any atom is 0.309 e. The molecule has 0 unspecified atom stereocenters. The van der Waals surface area contributed by atoms with E-state index in [4.69, 9.17) is 4.74 Å². The first kappa shape index (κ1) is 35.8. The number of allylic oxidation sites excluding steroid dienone is 2. The molecule has 0 radical (unpaired) electrons. The number of hydrogen-bond donors (Lipinski definition) is 2. The summed E-state index contributed by atoms with van der Waals surface area (Å²) in [7, 11) is 0. The predicted octanol–water partition coefficient (Wildman–Crippen LogP) is 6.41. The van der Waals surface area contributed by atoms with Gasteiger partial charge in [0, 0.05) is 19.5 Å². The molecule has 45 heavy (non-hydrogen) atoms. The van der Waals surface area contributed by atoms with E-state index in [1.54, 1.807) is 11.0 Å². The summed E-state index contributed by atoms with van der Waals surface area (Å²) in [5.41, 5.74) is 2.03. The zero-order valence-corrected chi connectivity index (χ0v) is 26.8. The van der Waals surface area contributed by atoms with Gasteiger partial charge in [0.15, 0.2) is 0 Å². The van der Waals surface area contributed by atoms with Crippen LogP contribution in [0.5, 0.6) is 0 Å². The molecule has 7 nitrogen and oxygen atoms in total. The minimum atomic E-state index is -0.616. The molecule has 0 spiro atoms. The number of benzene rings is 2. The smallest absolute Gasteiger partial charge is 0.309 e. The van der Waals surface area contributed by atoms with Gasteiger partial charge in [-0.1, -0.05) is 105 Å². The molecule has 0 saturated heterocycles. The van der Waals surface area contributed by atoms with Crippen molar-refractivity contribution >= 4 is 17.8 Å². The molecule has 0 bridgehead atoms. The quantitative estimate of drug-likeness (QED) is 0.132. The summed E-state index contributed by atoms with van der Waals surface area (Å²) in [5, 5.41) is 12.8. The highest BCUT2D eigenvalue weighted by Crippen LogP contribution is 2.28. The van der Waals surface area contributed by atoms with E-state index in [0.29, 0.717) is 38.1 Å². The molecule has 1 aliphatic carbocycles. The number of nitrogens with one attached hydrogen (secondary N) is 1. The molecule has 0 aromatic heterocycles. The van der Waals surface area contributed by atoms with Crippen molar-refractivity contribution in [3.05, 3.63) is 97.1 Å². The number of nitrogens with zero attached hydrogens (tertiary/aromatic N) is 1. The van der Waals surface area contributed by atoms with Crippen LogP contribution in [-0.4, -0.2) is 53.6 Å². The van der Waals surface area contributed by atoms with E-state index in [-0.39, 0.29) is 55.9 Å². The molecular formula is C38H52N2O5. The molecule has 2 aromatic rings. The Balaban J connectivity index is 1.68. The summed E-state index contributed by atoms with van der Waals surface area (Å²) >= 11 is 0. The lowest BCUT2D eigenvalue weighted by molar-refractivity contribution is -0.150. The lowest BCUT2D eigenvalue weighted by atomic mass is 9.84. The van der Waals surface area contributed by atoms with E-state index in [9.17, 15) is 19.5 Å². The maximum absolute atomic E-state index is 13.7. The molecule has 2 N–H and O–H groups in total. The summed E-state index contributed by atoms with van der Waals surface area (Å²) in [6.45, 7) is 8.13. The van der Waals surface area contributed by atoms with E-state index >= 15 is 0 Å². The van der Waals surface area contributed by atoms with Gasteiger partial charge in [0.05, 0.1) is 24.5 Å². The van der Waals surface area contributed by atoms with Crippen LogP contribution in [0, 0.1) is 17.8 Å². The first-order valence-electron chi connectivity index (χ1n) is 16.6. The highest BCUT2D eigenvalue weighted by Gasteiger charge is 2.29. The minimum absolute atomic E-state index is 0.00132. The van der Waals surface area contributed by atoms with Gasteiger partial charge in [-0.05, 0) is 49.1 Å². The number of esters is 1. The first-order chi connectivity index (χ1) is 21.9. The molecule has 3 rings (SSSR count). The van der Waals surface area contributed by atoms with E-state index in [2.05, 4.69) is 18.5 Å². The van der Waals surface area contributed by atoms with Crippen LogP contribution in [0.1, 0.15) is 75.3 Å². The second-order valence-electron chi connectivity index (χ2n) is 12.3. The third-order valence-electron chi connectivity index (χ3n) is 8.68. The van der Waals surface area contributed by atoms with Crippen molar-refractivity contribution in [2.24, 2.45) is 17.8 Å². The Morgan fingerprint density at radius 1 is 0.933 bits per heavy atom. The highest BCUT2D eigenvalue weighted by atomic mass is 16.5. The Morgan fingerprint density at radius 3 is 2.22 bits per heavy atom. The second kappa shape index (κ2) is 20.3. The first-order valence-corrected chi connectivity index (χ1v) is 16.6. The van der Waals surface area contributed by atoms with Gasteiger partial charge in [-0.3, -0.25) is 14.4 Å². The van der Waals surface area contributed by atoms with Gasteiger partial charge in [0.2, 0.25) is 11.8 Å². The third kappa shape index (κ3) is 13.0. The van der Waals surface area contributed by atoms with Gasteiger partial charge in [0.25, 0.3) is 0 Å². The lowest BCUT2D eigenvalue weighted by Crippen LogP contribution is -2.45. The Morgan fingerprint density at radius 2 is 1.60 bits per heavy atom. The van der Waals surface area contributed by atoms with E-state index in [0.717, 1.165) is 30.4 Å². The van der Waals surface area contributed by atoms with Gasteiger partial charge < -0.3 is 20.1 Å². The fourth-order valence-corrected chi connectivity index (χ4v) is 6.17. The molecule has 1 aliphatic rings. The van der Waals surface area contributed by atoms with Gasteiger partial charge in [-0.2, -0.15) is 0 Å². The van der Waals surface area contributed by atoms with Crippen molar-refractivity contribution in [2.45, 2.75) is 83.2 Å². The van der Waals surface area contributed by atoms with Crippen LogP contribution in [0.15, 0.2) is 86.0 Å². The van der Waals surface area contributed by atoms with Crippen molar-refractivity contribution in [1.29, 1.82) is 0 Å².